The van der Waals surface area contributed by atoms with E-state index in [0.29, 0.717) is 6.54 Å². The minimum atomic E-state index is -0.440. The monoisotopic (exact) mass is 278 g/mol. The fraction of sp³-hybridized carbons (Fsp3) is 0.154. The summed E-state index contributed by atoms with van der Waals surface area (Å²) in [5.41, 5.74) is 0.747. The molecule has 2 rings (SSSR count). The predicted octanol–water partition coefficient (Wildman–Crippen LogP) is 3.46. The molecular formula is C13H11ClN2OS. The first-order chi connectivity index (χ1) is 8.70. The van der Waals surface area contributed by atoms with Gasteiger partial charge in [-0.05, 0) is 29.1 Å². The second-order valence-electron chi connectivity index (χ2n) is 3.73. The molecule has 1 atom stereocenters. The van der Waals surface area contributed by atoms with E-state index in [2.05, 4.69) is 11.4 Å². The third-order valence-electron chi connectivity index (χ3n) is 2.49. The first kappa shape index (κ1) is 12.9. The van der Waals surface area contributed by atoms with Gasteiger partial charge in [-0.1, -0.05) is 23.7 Å². The molecule has 0 radical (unpaired) electrons. The van der Waals surface area contributed by atoms with Gasteiger partial charge < -0.3 is 5.11 Å². The van der Waals surface area contributed by atoms with E-state index in [0.717, 1.165) is 5.56 Å². The summed E-state index contributed by atoms with van der Waals surface area (Å²) in [4.78, 5) is 1.17. The summed E-state index contributed by atoms with van der Waals surface area (Å²) >= 11 is 7.47. The van der Waals surface area contributed by atoms with Crippen LogP contribution in [0.2, 0.25) is 5.02 Å². The van der Waals surface area contributed by atoms with Gasteiger partial charge in [-0.2, -0.15) is 5.26 Å². The van der Waals surface area contributed by atoms with Crippen LogP contribution in [0.4, 0.5) is 0 Å². The molecule has 0 aliphatic heterocycles. The van der Waals surface area contributed by atoms with Crippen molar-refractivity contribution in [3.05, 3.63) is 51.2 Å². The Morgan fingerprint density at radius 3 is 2.89 bits per heavy atom. The summed E-state index contributed by atoms with van der Waals surface area (Å²) in [5, 5.41) is 23.9. The number of hydrogen-bond donors (Lipinski definition) is 2. The van der Waals surface area contributed by atoms with Crippen molar-refractivity contribution >= 4 is 22.9 Å². The second-order valence-corrected chi connectivity index (χ2v) is 5.17. The number of benzene rings is 1. The third-order valence-corrected chi connectivity index (χ3v) is 3.67. The largest absolute Gasteiger partial charge is 0.506 e. The molecule has 0 fully saturated rings. The number of phenolic OH excluding ortho intramolecular Hbond substituents is 1. The lowest BCUT2D eigenvalue weighted by Crippen LogP contribution is -2.18. The number of rotatable bonds is 4. The lowest BCUT2D eigenvalue weighted by atomic mass is 10.1. The Kier molecular flexibility index (Phi) is 4.21. The van der Waals surface area contributed by atoms with Gasteiger partial charge in [0.05, 0.1) is 11.1 Å². The Balaban J connectivity index is 2.08. The fourth-order valence-electron chi connectivity index (χ4n) is 1.56. The van der Waals surface area contributed by atoms with Gasteiger partial charge in [-0.25, -0.2) is 0 Å². The molecule has 0 spiro atoms. The molecule has 1 unspecified atom stereocenters. The maximum absolute atomic E-state index is 9.34. The van der Waals surface area contributed by atoms with E-state index >= 15 is 0 Å². The Labute approximate surface area is 114 Å². The number of phenols is 1. The van der Waals surface area contributed by atoms with E-state index in [9.17, 15) is 5.11 Å². The molecular weight excluding hydrogens is 268 g/mol. The normalized spacial score (nSPS) is 12.0. The van der Waals surface area contributed by atoms with Crippen LogP contribution in [0.5, 0.6) is 5.75 Å². The Morgan fingerprint density at radius 2 is 2.28 bits per heavy atom. The summed E-state index contributed by atoms with van der Waals surface area (Å²) in [6.07, 6.45) is 0. The Bertz CT molecular complexity index is 563. The van der Waals surface area contributed by atoms with Crippen LogP contribution in [0, 0.1) is 11.3 Å². The zero-order chi connectivity index (χ0) is 13.0. The second kappa shape index (κ2) is 5.87. The van der Waals surface area contributed by atoms with Gasteiger partial charge in [0.15, 0.2) is 0 Å². The molecule has 0 bridgehead atoms. The molecule has 0 aliphatic rings. The number of nitriles is 1. The highest BCUT2D eigenvalue weighted by atomic mass is 35.5. The summed E-state index contributed by atoms with van der Waals surface area (Å²) < 4.78 is 0. The third kappa shape index (κ3) is 3.02. The fourth-order valence-corrected chi connectivity index (χ4v) is 2.40. The molecule has 0 aliphatic carbocycles. The lowest BCUT2D eigenvalue weighted by Gasteiger charge is -2.11. The van der Waals surface area contributed by atoms with E-state index < -0.39 is 6.04 Å². The molecule has 18 heavy (non-hydrogen) atoms. The van der Waals surface area contributed by atoms with Crippen LogP contribution < -0.4 is 5.32 Å². The Hall–Kier alpha value is -1.54. The molecule has 2 N–H and O–H groups in total. The van der Waals surface area contributed by atoms with Crippen LogP contribution in [0.1, 0.15) is 16.5 Å². The first-order valence-electron chi connectivity index (χ1n) is 5.34. The van der Waals surface area contributed by atoms with Gasteiger partial charge in [-0.15, -0.1) is 11.3 Å². The standard InChI is InChI=1S/C13H11ClN2OS/c14-11-6-9(3-4-13(11)17)12(7-15)16-8-10-2-1-5-18-10/h1-6,12,16-17H,8H2. The molecule has 1 aromatic carbocycles. The highest BCUT2D eigenvalue weighted by Crippen LogP contribution is 2.26. The summed E-state index contributed by atoms with van der Waals surface area (Å²) in [5.74, 6) is 0.0235. The van der Waals surface area contributed by atoms with Crippen LogP contribution in [-0.4, -0.2) is 5.11 Å². The minimum absolute atomic E-state index is 0.0235. The molecule has 2 aromatic rings. The topological polar surface area (TPSA) is 56.0 Å². The molecule has 3 nitrogen and oxygen atoms in total. The maximum atomic E-state index is 9.34. The van der Waals surface area contributed by atoms with Crippen molar-refractivity contribution < 1.29 is 5.11 Å². The van der Waals surface area contributed by atoms with Crippen molar-refractivity contribution in [2.75, 3.05) is 0 Å². The highest BCUT2D eigenvalue weighted by Gasteiger charge is 2.11. The number of nitrogens with zero attached hydrogens (tertiary/aromatic N) is 1. The number of thiophene rings is 1. The van der Waals surface area contributed by atoms with Crippen LogP contribution in [-0.2, 0) is 6.54 Å². The van der Waals surface area contributed by atoms with Gasteiger partial charge in [-0.3, -0.25) is 5.32 Å². The van der Waals surface area contributed by atoms with Crippen LogP contribution in [0.3, 0.4) is 0 Å². The van der Waals surface area contributed by atoms with E-state index in [1.165, 1.54) is 10.9 Å². The van der Waals surface area contributed by atoms with E-state index in [4.69, 9.17) is 16.9 Å². The number of aromatic hydroxyl groups is 1. The smallest absolute Gasteiger partial charge is 0.134 e. The number of nitrogens with one attached hydrogen (secondary N) is 1. The molecule has 1 heterocycles. The van der Waals surface area contributed by atoms with Crippen LogP contribution in [0.25, 0.3) is 0 Å². The van der Waals surface area contributed by atoms with Gasteiger partial charge in [0.2, 0.25) is 0 Å². The van der Waals surface area contributed by atoms with Crippen molar-refractivity contribution in [3.63, 3.8) is 0 Å². The van der Waals surface area contributed by atoms with Gasteiger partial charge >= 0.3 is 0 Å². The molecule has 0 amide bonds. The van der Waals surface area contributed by atoms with Crippen molar-refractivity contribution in [2.45, 2.75) is 12.6 Å². The maximum Gasteiger partial charge on any atom is 0.134 e. The molecule has 5 heteroatoms. The van der Waals surface area contributed by atoms with Gasteiger partial charge in [0, 0.05) is 11.4 Å². The molecule has 0 saturated heterocycles. The van der Waals surface area contributed by atoms with E-state index in [1.54, 1.807) is 23.5 Å². The van der Waals surface area contributed by atoms with Crippen LogP contribution >= 0.6 is 22.9 Å². The summed E-state index contributed by atoms with van der Waals surface area (Å²) in [6.45, 7) is 0.633. The van der Waals surface area contributed by atoms with Gasteiger partial charge in [0.1, 0.15) is 11.8 Å². The molecule has 1 aromatic heterocycles. The summed E-state index contributed by atoms with van der Waals surface area (Å²) in [6, 6.07) is 10.5. The lowest BCUT2D eigenvalue weighted by molar-refractivity contribution is 0.475. The molecule has 92 valence electrons. The van der Waals surface area contributed by atoms with Crippen molar-refractivity contribution in [2.24, 2.45) is 0 Å². The minimum Gasteiger partial charge on any atom is -0.506 e. The average molecular weight is 279 g/mol. The number of hydrogen-bond acceptors (Lipinski definition) is 4. The SMILES string of the molecule is N#CC(NCc1cccs1)c1ccc(O)c(Cl)c1. The van der Waals surface area contributed by atoms with Gasteiger partial charge in [0.25, 0.3) is 0 Å². The van der Waals surface area contributed by atoms with E-state index in [-0.39, 0.29) is 10.8 Å². The van der Waals surface area contributed by atoms with Crippen molar-refractivity contribution in [3.8, 4) is 11.8 Å². The Morgan fingerprint density at radius 1 is 1.44 bits per heavy atom. The van der Waals surface area contributed by atoms with Crippen LogP contribution in [0.15, 0.2) is 35.7 Å². The van der Waals surface area contributed by atoms with Crippen molar-refractivity contribution in [1.82, 2.24) is 5.32 Å². The van der Waals surface area contributed by atoms with E-state index in [1.807, 2.05) is 17.5 Å². The quantitative estimate of drug-likeness (QED) is 0.900. The average Bonchev–Trinajstić information content (AvgIpc) is 2.87. The van der Waals surface area contributed by atoms with Crippen molar-refractivity contribution in [1.29, 1.82) is 5.26 Å². The zero-order valence-electron chi connectivity index (χ0n) is 9.43. The zero-order valence-corrected chi connectivity index (χ0v) is 11.0. The highest BCUT2D eigenvalue weighted by molar-refractivity contribution is 7.09. The number of halogens is 1. The summed E-state index contributed by atoms with van der Waals surface area (Å²) in [7, 11) is 0. The first-order valence-corrected chi connectivity index (χ1v) is 6.60. The molecule has 0 saturated carbocycles. The predicted molar refractivity (Wildman–Crippen MR) is 72.6 cm³/mol.